The van der Waals surface area contributed by atoms with E-state index >= 15 is 0 Å². The van der Waals surface area contributed by atoms with Gasteiger partial charge in [0.1, 0.15) is 0 Å². The summed E-state index contributed by atoms with van der Waals surface area (Å²) in [6.07, 6.45) is 2.72. The van der Waals surface area contributed by atoms with Crippen molar-refractivity contribution in [2.45, 2.75) is 26.2 Å². The Hall–Kier alpha value is -0.680. The molecule has 98 valence electrons. The molecule has 1 saturated heterocycles. The van der Waals surface area contributed by atoms with E-state index in [2.05, 4.69) is 18.9 Å². The first-order chi connectivity index (χ1) is 8.06. The van der Waals surface area contributed by atoms with Gasteiger partial charge in [-0.1, -0.05) is 25.6 Å². The third-order valence-corrected chi connectivity index (χ3v) is 3.53. The van der Waals surface area contributed by atoms with Crippen molar-refractivity contribution in [3.8, 4) is 0 Å². The summed E-state index contributed by atoms with van der Waals surface area (Å²) in [5.74, 6) is -0.145. The van der Waals surface area contributed by atoms with Crippen LogP contribution in [0.3, 0.4) is 0 Å². The molecule has 0 radical (unpaired) electrons. The molecular weight excluding hydrogens is 234 g/mol. The van der Waals surface area contributed by atoms with Crippen LogP contribution in [0.25, 0.3) is 0 Å². The van der Waals surface area contributed by atoms with E-state index in [1.807, 2.05) is 4.90 Å². The predicted molar refractivity (Wildman–Crippen MR) is 73.9 cm³/mol. The van der Waals surface area contributed by atoms with Crippen molar-refractivity contribution in [3.05, 3.63) is 0 Å². The van der Waals surface area contributed by atoms with Gasteiger partial charge in [0.2, 0.25) is 5.91 Å². The van der Waals surface area contributed by atoms with Crippen LogP contribution in [0.1, 0.15) is 26.2 Å². The molecule has 0 aromatic carbocycles. The largest absolute Gasteiger partial charge is 0.393 e. The van der Waals surface area contributed by atoms with Crippen LogP contribution in [0.5, 0.6) is 0 Å². The van der Waals surface area contributed by atoms with Crippen LogP contribution < -0.4 is 5.73 Å². The van der Waals surface area contributed by atoms with Crippen molar-refractivity contribution in [3.63, 3.8) is 0 Å². The smallest absolute Gasteiger partial charge is 0.232 e. The molecule has 0 bridgehead atoms. The summed E-state index contributed by atoms with van der Waals surface area (Å²) in [7, 11) is 2.09. The average molecular weight is 257 g/mol. The molecule has 0 saturated carbocycles. The van der Waals surface area contributed by atoms with Gasteiger partial charge in [0.05, 0.1) is 10.9 Å². The summed E-state index contributed by atoms with van der Waals surface area (Å²) in [6, 6.07) is 0. The van der Waals surface area contributed by atoms with E-state index < -0.39 is 0 Å². The number of nitrogens with two attached hydrogens (primary N) is 1. The highest BCUT2D eigenvalue weighted by atomic mass is 32.1. The molecule has 1 heterocycles. The number of hydrogen-bond acceptors (Lipinski definition) is 3. The van der Waals surface area contributed by atoms with E-state index in [0.29, 0.717) is 4.99 Å². The summed E-state index contributed by atoms with van der Waals surface area (Å²) in [5.41, 5.74) is 5.67. The molecule has 2 N–H and O–H groups in total. The zero-order valence-electron chi connectivity index (χ0n) is 10.8. The van der Waals surface area contributed by atoms with Crippen LogP contribution in [0.15, 0.2) is 0 Å². The maximum atomic E-state index is 12.3. The highest BCUT2D eigenvalue weighted by molar-refractivity contribution is 7.80. The number of likely N-dealkylation sites (N-methyl/N-ethyl adjacent to an activating group) is 1. The third kappa shape index (κ3) is 4.24. The van der Waals surface area contributed by atoms with Crippen molar-refractivity contribution in [1.82, 2.24) is 9.80 Å². The predicted octanol–water partition coefficient (Wildman–Crippen LogP) is 0.853. The summed E-state index contributed by atoms with van der Waals surface area (Å²) in [6.45, 7) is 5.65. The Labute approximate surface area is 109 Å². The van der Waals surface area contributed by atoms with Crippen molar-refractivity contribution in [2.24, 2.45) is 11.7 Å². The van der Waals surface area contributed by atoms with E-state index in [-0.39, 0.29) is 11.8 Å². The van der Waals surface area contributed by atoms with Crippen LogP contribution >= 0.6 is 12.2 Å². The van der Waals surface area contributed by atoms with E-state index in [1.165, 1.54) is 0 Å². The fourth-order valence-corrected chi connectivity index (χ4v) is 2.38. The van der Waals surface area contributed by atoms with E-state index in [0.717, 1.165) is 45.4 Å². The van der Waals surface area contributed by atoms with Crippen molar-refractivity contribution >= 4 is 23.1 Å². The SMILES string of the molecule is CCCC(C(=O)N1CCCN(C)CC1)C(N)=S. The standard InChI is InChI=1S/C12H23N3OS/c1-3-5-10(11(13)17)12(16)15-7-4-6-14(2)8-9-15/h10H,3-9H2,1-2H3,(H2,13,17). The Morgan fingerprint density at radius 1 is 1.35 bits per heavy atom. The molecule has 1 rings (SSSR count). The lowest BCUT2D eigenvalue weighted by atomic mass is 10.0. The molecule has 0 spiro atoms. The minimum atomic E-state index is -0.265. The molecule has 1 aliphatic heterocycles. The lowest BCUT2D eigenvalue weighted by Gasteiger charge is -2.25. The van der Waals surface area contributed by atoms with Crippen LogP contribution in [0.4, 0.5) is 0 Å². The highest BCUT2D eigenvalue weighted by Crippen LogP contribution is 2.13. The molecule has 1 fully saturated rings. The Bertz CT molecular complexity index is 283. The Balaban J connectivity index is 2.62. The summed E-state index contributed by atoms with van der Waals surface area (Å²) in [4.78, 5) is 16.8. The van der Waals surface area contributed by atoms with Gasteiger partial charge in [0.15, 0.2) is 0 Å². The Morgan fingerprint density at radius 2 is 2.06 bits per heavy atom. The van der Waals surface area contributed by atoms with Gasteiger partial charge >= 0.3 is 0 Å². The van der Waals surface area contributed by atoms with Crippen molar-refractivity contribution < 1.29 is 4.79 Å². The summed E-state index contributed by atoms with van der Waals surface area (Å²) in [5, 5.41) is 0. The van der Waals surface area contributed by atoms with E-state index in [4.69, 9.17) is 18.0 Å². The highest BCUT2D eigenvalue weighted by Gasteiger charge is 2.26. The lowest BCUT2D eigenvalue weighted by Crippen LogP contribution is -2.42. The monoisotopic (exact) mass is 257 g/mol. The number of hydrogen-bond donors (Lipinski definition) is 1. The minimum Gasteiger partial charge on any atom is -0.393 e. The van der Waals surface area contributed by atoms with E-state index in [1.54, 1.807) is 0 Å². The number of carbonyl (C=O) groups is 1. The van der Waals surface area contributed by atoms with Gasteiger partial charge < -0.3 is 15.5 Å². The van der Waals surface area contributed by atoms with E-state index in [9.17, 15) is 4.79 Å². The second-order valence-corrected chi connectivity index (χ2v) is 5.20. The summed E-state index contributed by atoms with van der Waals surface area (Å²) >= 11 is 5.00. The van der Waals surface area contributed by atoms with Crippen LogP contribution in [0, 0.1) is 5.92 Å². The quantitative estimate of drug-likeness (QED) is 0.759. The van der Waals surface area contributed by atoms with Crippen LogP contribution in [-0.4, -0.2) is 53.9 Å². The maximum Gasteiger partial charge on any atom is 0.232 e. The van der Waals surface area contributed by atoms with Gasteiger partial charge in [0, 0.05) is 19.6 Å². The number of amides is 1. The summed E-state index contributed by atoms with van der Waals surface area (Å²) < 4.78 is 0. The molecule has 1 aliphatic rings. The van der Waals surface area contributed by atoms with Crippen LogP contribution in [0.2, 0.25) is 0 Å². The fourth-order valence-electron chi connectivity index (χ4n) is 2.16. The molecule has 1 unspecified atom stereocenters. The average Bonchev–Trinajstić information content (AvgIpc) is 2.49. The third-order valence-electron chi connectivity index (χ3n) is 3.25. The van der Waals surface area contributed by atoms with Gasteiger partial charge in [-0.05, 0) is 26.4 Å². The lowest BCUT2D eigenvalue weighted by molar-refractivity contribution is -0.133. The second kappa shape index (κ2) is 6.91. The van der Waals surface area contributed by atoms with Gasteiger partial charge in [0.25, 0.3) is 0 Å². The molecule has 5 heteroatoms. The number of rotatable bonds is 4. The first-order valence-electron chi connectivity index (χ1n) is 6.33. The van der Waals surface area contributed by atoms with Gasteiger partial charge in [-0.25, -0.2) is 0 Å². The zero-order valence-corrected chi connectivity index (χ0v) is 11.6. The normalized spacial score (nSPS) is 19.8. The first kappa shape index (κ1) is 14.4. The molecule has 0 aromatic rings. The zero-order chi connectivity index (χ0) is 12.8. The molecule has 0 aromatic heterocycles. The Kier molecular flexibility index (Phi) is 5.85. The number of thiocarbonyl (C=S) groups is 1. The fraction of sp³-hybridized carbons (Fsp3) is 0.833. The molecule has 0 aliphatic carbocycles. The number of carbonyl (C=O) groups excluding carboxylic acids is 1. The molecule has 17 heavy (non-hydrogen) atoms. The van der Waals surface area contributed by atoms with Crippen molar-refractivity contribution in [1.29, 1.82) is 0 Å². The van der Waals surface area contributed by atoms with Gasteiger partial charge in [-0.2, -0.15) is 0 Å². The van der Waals surface area contributed by atoms with Gasteiger partial charge in [-0.3, -0.25) is 4.79 Å². The molecule has 4 nitrogen and oxygen atoms in total. The maximum absolute atomic E-state index is 12.3. The minimum absolute atomic E-state index is 0.120. The van der Waals surface area contributed by atoms with Gasteiger partial charge in [-0.15, -0.1) is 0 Å². The van der Waals surface area contributed by atoms with Crippen molar-refractivity contribution in [2.75, 3.05) is 33.2 Å². The molecule has 1 atom stereocenters. The topological polar surface area (TPSA) is 49.6 Å². The molecule has 1 amide bonds. The van der Waals surface area contributed by atoms with Crippen LogP contribution in [-0.2, 0) is 4.79 Å². The Morgan fingerprint density at radius 3 is 2.65 bits per heavy atom. The number of nitrogens with zero attached hydrogens (tertiary/aromatic N) is 2. The second-order valence-electron chi connectivity index (χ2n) is 4.73. The molecular formula is C12H23N3OS. The first-order valence-corrected chi connectivity index (χ1v) is 6.73.